The van der Waals surface area contributed by atoms with Gasteiger partial charge in [-0.1, -0.05) is 26.7 Å². The van der Waals surface area contributed by atoms with Gasteiger partial charge in [0.15, 0.2) is 0 Å². The van der Waals surface area contributed by atoms with Crippen LogP contribution in [0.5, 0.6) is 0 Å². The summed E-state index contributed by atoms with van der Waals surface area (Å²) in [6, 6.07) is 0. The molecule has 1 saturated carbocycles. The fourth-order valence-electron chi connectivity index (χ4n) is 2.64. The summed E-state index contributed by atoms with van der Waals surface area (Å²) in [4.78, 5) is 9.57. The van der Waals surface area contributed by atoms with Crippen molar-refractivity contribution in [2.75, 3.05) is 11.9 Å². The first-order valence-electron chi connectivity index (χ1n) is 7.48. The molecule has 0 aliphatic heterocycles. The summed E-state index contributed by atoms with van der Waals surface area (Å²) in [7, 11) is 0. The van der Waals surface area contributed by atoms with Crippen molar-refractivity contribution in [3.05, 3.63) is 16.0 Å². The summed E-state index contributed by atoms with van der Waals surface area (Å²) >= 11 is 3.71. The van der Waals surface area contributed by atoms with Crippen LogP contribution in [0, 0.1) is 0 Å². The second kappa shape index (κ2) is 6.69. The van der Waals surface area contributed by atoms with E-state index >= 15 is 0 Å². The van der Waals surface area contributed by atoms with Crippen LogP contribution < -0.4 is 5.32 Å². The molecule has 1 aromatic heterocycles. The van der Waals surface area contributed by atoms with Gasteiger partial charge in [0.25, 0.3) is 0 Å². The molecular formula is C15H24BrN3. The molecule has 0 aromatic carbocycles. The molecule has 0 spiro atoms. The van der Waals surface area contributed by atoms with Crippen LogP contribution in [0.3, 0.4) is 0 Å². The summed E-state index contributed by atoms with van der Waals surface area (Å²) in [6.07, 6.45) is 6.27. The molecule has 1 aromatic rings. The fourth-order valence-corrected chi connectivity index (χ4v) is 3.28. The molecule has 19 heavy (non-hydrogen) atoms. The first-order valence-corrected chi connectivity index (χ1v) is 8.27. The van der Waals surface area contributed by atoms with Crippen molar-refractivity contribution in [1.82, 2.24) is 9.97 Å². The highest BCUT2D eigenvalue weighted by atomic mass is 79.9. The Balaban J connectivity index is 2.41. The van der Waals surface area contributed by atoms with Gasteiger partial charge in [0.1, 0.15) is 11.6 Å². The molecule has 0 saturated heterocycles. The van der Waals surface area contributed by atoms with Crippen LogP contribution >= 0.6 is 15.9 Å². The van der Waals surface area contributed by atoms with Gasteiger partial charge in [0.05, 0.1) is 10.2 Å². The Morgan fingerprint density at radius 3 is 2.53 bits per heavy atom. The van der Waals surface area contributed by atoms with Crippen LogP contribution in [0.2, 0.25) is 0 Å². The highest BCUT2D eigenvalue weighted by molar-refractivity contribution is 9.10. The fraction of sp³-hybridized carbons (Fsp3) is 0.733. The Labute approximate surface area is 124 Å². The maximum atomic E-state index is 4.87. The molecule has 4 heteroatoms. The number of hydrogen-bond donors (Lipinski definition) is 1. The van der Waals surface area contributed by atoms with Gasteiger partial charge in [-0.05, 0) is 42.1 Å². The lowest BCUT2D eigenvalue weighted by Crippen LogP contribution is -2.11. The van der Waals surface area contributed by atoms with Crippen LogP contribution in [-0.2, 0) is 0 Å². The minimum absolute atomic E-state index is 0.422. The van der Waals surface area contributed by atoms with E-state index < -0.39 is 0 Å². The highest BCUT2D eigenvalue weighted by Crippen LogP contribution is 2.39. The smallest absolute Gasteiger partial charge is 0.144 e. The second-order valence-corrected chi connectivity index (χ2v) is 6.24. The van der Waals surface area contributed by atoms with Crippen molar-refractivity contribution >= 4 is 21.7 Å². The van der Waals surface area contributed by atoms with Gasteiger partial charge in [0.2, 0.25) is 0 Å². The minimum Gasteiger partial charge on any atom is -0.369 e. The maximum absolute atomic E-state index is 4.87. The third kappa shape index (κ3) is 3.28. The molecule has 1 fully saturated rings. The van der Waals surface area contributed by atoms with Crippen molar-refractivity contribution in [1.29, 1.82) is 0 Å². The van der Waals surface area contributed by atoms with E-state index in [-0.39, 0.29) is 0 Å². The quantitative estimate of drug-likeness (QED) is 0.841. The third-order valence-electron chi connectivity index (χ3n) is 4.03. The average Bonchev–Trinajstić information content (AvgIpc) is 2.94. The minimum atomic E-state index is 0.422. The zero-order valence-electron chi connectivity index (χ0n) is 12.2. The Hall–Kier alpha value is -0.640. The van der Waals surface area contributed by atoms with Crippen LogP contribution in [0.15, 0.2) is 4.47 Å². The van der Waals surface area contributed by atoms with Gasteiger partial charge in [-0.15, -0.1) is 0 Å². The molecule has 1 aliphatic carbocycles. The van der Waals surface area contributed by atoms with E-state index in [0.29, 0.717) is 11.8 Å². The average molecular weight is 326 g/mol. The molecule has 1 aliphatic rings. The molecule has 1 unspecified atom stereocenters. The van der Waals surface area contributed by atoms with Crippen molar-refractivity contribution in [2.24, 2.45) is 0 Å². The summed E-state index contributed by atoms with van der Waals surface area (Å²) in [6.45, 7) is 7.39. The van der Waals surface area contributed by atoms with Gasteiger partial charge in [-0.2, -0.15) is 0 Å². The number of aromatic nitrogens is 2. The van der Waals surface area contributed by atoms with Gasteiger partial charge in [-0.25, -0.2) is 9.97 Å². The van der Waals surface area contributed by atoms with E-state index in [0.717, 1.165) is 29.1 Å². The zero-order chi connectivity index (χ0) is 13.8. The van der Waals surface area contributed by atoms with Gasteiger partial charge < -0.3 is 5.32 Å². The molecular weight excluding hydrogens is 302 g/mol. The lowest BCUT2D eigenvalue weighted by Gasteiger charge is -2.18. The number of halogens is 1. The van der Waals surface area contributed by atoms with Gasteiger partial charge >= 0.3 is 0 Å². The van der Waals surface area contributed by atoms with Crippen molar-refractivity contribution in [3.8, 4) is 0 Å². The number of rotatable bonds is 5. The number of nitrogens with one attached hydrogen (secondary N) is 1. The zero-order valence-corrected chi connectivity index (χ0v) is 13.8. The van der Waals surface area contributed by atoms with E-state index in [4.69, 9.17) is 9.97 Å². The van der Waals surface area contributed by atoms with E-state index in [1.807, 2.05) is 0 Å². The standard InChI is InChI=1S/C15H24BrN3/c1-4-10(3)14-18-13(11-8-6-7-9-11)12(16)15(19-14)17-5-2/h10-11H,4-9H2,1-3H3,(H,17,18,19). The van der Waals surface area contributed by atoms with Crippen molar-refractivity contribution in [2.45, 2.75) is 64.7 Å². The Bertz CT molecular complexity index is 428. The van der Waals surface area contributed by atoms with E-state index in [1.165, 1.54) is 31.4 Å². The van der Waals surface area contributed by atoms with Crippen LogP contribution in [0.1, 0.15) is 76.2 Å². The number of nitrogens with zero attached hydrogens (tertiary/aromatic N) is 2. The summed E-state index contributed by atoms with van der Waals surface area (Å²) in [5, 5.41) is 3.36. The predicted octanol–water partition coefficient (Wildman–Crippen LogP) is 4.84. The third-order valence-corrected chi connectivity index (χ3v) is 4.82. The number of hydrogen-bond acceptors (Lipinski definition) is 3. The molecule has 2 rings (SSSR count). The van der Waals surface area contributed by atoms with E-state index in [2.05, 4.69) is 42.0 Å². The largest absolute Gasteiger partial charge is 0.369 e. The van der Waals surface area contributed by atoms with Crippen molar-refractivity contribution in [3.63, 3.8) is 0 Å². The first-order chi connectivity index (χ1) is 9.17. The molecule has 106 valence electrons. The highest BCUT2D eigenvalue weighted by Gasteiger charge is 2.24. The lowest BCUT2D eigenvalue weighted by molar-refractivity contribution is 0.637. The second-order valence-electron chi connectivity index (χ2n) is 5.45. The predicted molar refractivity (Wildman–Crippen MR) is 83.8 cm³/mol. The molecule has 1 N–H and O–H groups in total. The number of anilines is 1. The normalized spacial score (nSPS) is 17.7. The van der Waals surface area contributed by atoms with Crippen LogP contribution in [-0.4, -0.2) is 16.5 Å². The SMILES string of the molecule is CCNc1nc(C(C)CC)nc(C2CCCC2)c1Br. The Kier molecular flexibility index (Phi) is 5.20. The van der Waals surface area contributed by atoms with Gasteiger partial charge in [-0.3, -0.25) is 0 Å². The van der Waals surface area contributed by atoms with Crippen LogP contribution in [0.25, 0.3) is 0 Å². The topological polar surface area (TPSA) is 37.8 Å². The van der Waals surface area contributed by atoms with E-state index in [1.54, 1.807) is 0 Å². The molecule has 1 heterocycles. The molecule has 0 amide bonds. The van der Waals surface area contributed by atoms with Crippen molar-refractivity contribution < 1.29 is 0 Å². The molecule has 1 atom stereocenters. The molecule has 0 radical (unpaired) electrons. The summed E-state index contributed by atoms with van der Waals surface area (Å²) < 4.78 is 1.08. The summed E-state index contributed by atoms with van der Waals surface area (Å²) in [5.74, 6) is 2.99. The Morgan fingerprint density at radius 1 is 1.26 bits per heavy atom. The van der Waals surface area contributed by atoms with Crippen LogP contribution in [0.4, 0.5) is 5.82 Å². The molecule has 0 bridgehead atoms. The monoisotopic (exact) mass is 325 g/mol. The first kappa shape index (κ1) is 14.8. The van der Waals surface area contributed by atoms with Gasteiger partial charge in [0, 0.05) is 18.4 Å². The lowest BCUT2D eigenvalue weighted by atomic mass is 10.0. The van der Waals surface area contributed by atoms with E-state index in [9.17, 15) is 0 Å². The maximum Gasteiger partial charge on any atom is 0.144 e. The molecule has 3 nitrogen and oxygen atoms in total. The summed E-state index contributed by atoms with van der Waals surface area (Å²) in [5.41, 5.74) is 1.22. The Morgan fingerprint density at radius 2 is 1.95 bits per heavy atom.